The molecule has 0 aromatic carbocycles. The van der Waals surface area contributed by atoms with Gasteiger partial charge in [0, 0.05) is 6.54 Å². The van der Waals surface area contributed by atoms with Crippen molar-refractivity contribution in [3.8, 4) is 0 Å². The highest BCUT2D eigenvalue weighted by molar-refractivity contribution is 5.69. The predicted molar refractivity (Wildman–Crippen MR) is 60.1 cm³/mol. The largest absolute Gasteiger partial charge is 0.444 e. The molecule has 3 unspecified atom stereocenters. The van der Waals surface area contributed by atoms with Gasteiger partial charge in [-0.05, 0) is 46.0 Å². The van der Waals surface area contributed by atoms with E-state index in [1.807, 2.05) is 20.8 Å². The number of piperidine rings is 1. The molecule has 3 atom stereocenters. The Morgan fingerprint density at radius 3 is 2.69 bits per heavy atom. The number of aliphatic hydroxyl groups is 1. The maximum absolute atomic E-state index is 11.9. The molecule has 92 valence electrons. The Labute approximate surface area is 96.6 Å². The van der Waals surface area contributed by atoms with Gasteiger partial charge in [-0.3, -0.25) is 0 Å². The second kappa shape index (κ2) is 3.91. The summed E-state index contributed by atoms with van der Waals surface area (Å²) in [4.78, 5) is 13.7. The van der Waals surface area contributed by atoms with Gasteiger partial charge in [0.05, 0.1) is 12.1 Å². The Morgan fingerprint density at radius 1 is 1.44 bits per heavy atom. The number of hydrogen-bond acceptors (Lipinski definition) is 3. The SMILES string of the molecule is CC(C)(C)OC(=O)N1CCCC2CC(O)C21. The van der Waals surface area contributed by atoms with E-state index in [1.165, 1.54) is 0 Å². The van der Waals surface area contributed by atoms with E-state index in [0.717, 1.165) is 19.3 Å². The Kier molecular flexibility index (Phi) is 2.86. The number of hydrogen-bond donors (Lipinski definition) is 1. The lowest BCUT2D eigenvalue weighted by Gasteiger charge is -2.51. The molecule has 1 aliphatic carbocycles. The maximum atomic E-state index is 11.9. The molecule has 0 spiro atoms. The molecule has 4 nitrogen and oxygen atoms in total. The molecule has 0 aromatic rings. The molecule has 2 fully saturated rings. The van der Waals surface area contributed by atoms with E-state index in [4.69, 9.17) is 4.74 Å². The fourth-order valence-electron chi connectivity index (χ4n) is 2.66. The van der Waals surface area contributed by atoms with Crippen LogP contribution in [-0.4, -0.2) is 40.4 Å². The third-order valence-corrected chi connectivity index (χ3v) is 3.38. The molecule has 2 aliphatic rings. The molecular weight excluding hydrogens is 206 g/mol. The van der Waals surface area contributed by atoms with Gasteiger partial charge in [-0.15, -0.1) is 0 Å². The monoisotopic (exact) mass is 227 g/mol. The summed E-state index contributed by atoms with van der Waals surface area (Å²) < 4.78 is 5.35. The van der Waals surface area contributed by atoms with Crippen molar-refractivity contribution in [3.63, 3.8) is 0 Å². The van der Waals surface area contributed by atoms with Gasteiger partial charge in [0.15, 0.2) is 0 Å². The van der Waals surface area contributed by atoms with Gasteiger partial charge in [0.1, 0.15) is 5.60 Å². The minimum Gasteiger partial charge on any atom is -0.444 e. The van der Waals surface area contributed by atoms with Crippen molar-refractivity contribution >= 4 is 6.09 Å². The van der Waals surface area contributed by atoms with Crippen LogP contribution in [0, 0.1) is 5.92 Å². The fraction of sp³-hybridized carbons (Fsp3) is 0.917. The first-order valence-corrected chi connectivity index (χ1v) is 6.06. The molecule has 1 aliphatic heterocycles. The molecule has 0 aromatic heterocycles. The van der Waals surface area contributed by atoms with Crippen LogP contribution in [0.15, 0.2) is 0 Å². The highest BCUT2D eigenvalue weighted by atomic mass is 16.6. The number of carbonyl (C=O) groups excluding carboxylic acids is 1. The van der Waals surface area contributed by atoms with Gasteiger partial charge < -0.3 is 14.7 Å². The summed E-state index contributed by atoms with van der Waals surface area (Å²) in [6.07, 6.45) is 2.36. The second-order valence-electron chi connectivity index (χ2n) is 5.87. The number of aliphatic hydroxyl groups excluding tert-OH is 1. The zero-order chi connectivity index (χ0) is 11.9. The average molecular weight is 227 g/mol. The Morgan fingerprint density at radius 2 is 2.12 bits per heavy atom. The van der Waals surface area contributed by atoms with Crippen molar-refractivity contribution in [1.82, 2.24) is 4.90 Å². The Hall–Kier alpha value is -0.770. The van der Waals surface area contributed by atoms with Crippen molar-refractivity contribution in [1.29, 1.82) is 0 Å². The smallest absolute Gasteiger partial charge is 0.410 e. The molecule has 2 rings (SSSR count). The first-order chi connectivity index (χ1) is 7.38. The van der Waals surface area contributed by atoms with Crippen LogP contribution in [0.2, 0.25) is 0 Å². The summed E-state index contributed by atoms with van der Waals surface area (Å²) in [6.45, 7) is 6.31. The Balaban J connectivity index is 2.00. The summed E-state index contributed by atoms with van der Waals surface area (Å²) >= 11 is 0. The highest BCUT2D eigenvalue weighted by Crippen LogP contribution is 2.39. The molecule has 0 radical (unpaired) electrons. The summed E-state index contributed by atoms with van der Waals surface area (Å²) in [5.74, 6) is 0.483. The number of fused-ring (bicyclic) bond motifs is 1. The van der Waals surface area contributed by atoms with E-state index in [-0.39, 0.29) is 18.2 Å². The van der Waals surface area contributed by atoms with Crippen molar-refractivity contribution in [3.05, 3.63) is 0 Å². The van der Waals surface area contributed by atoms with Gasteiger partial charge in [0.25, 0.3) is 0 Å². The summed E-state index contributed by atoms with van der Waals surface area (Å²) in [5.41, 5.74) is -0.460. The van der Waals surface area contributed by atoms with Crippen LogP contribution in [0.25, 0.3) is 0 Å². The fourth-order valence-corrected chi connectivity index (χ4v) is 2.66. The number of amides is 1. The third kappa shape index (κ3) is 2.17. The highest BCUT2D eigenvalue weighted by Gasteiger charge is 2.48. The number of nitrogens with zero attached hydrogens (tertiary/aromatic N) is 1. The van der Waals surface area contributed by atoms with E-state index >= 15 is 0 Å². The molecule has 16 heavy (non-hydrogen) atoms. The van der Waals surface area contributed by atoms with Crippen molar-refractivity contribution in [2.45, 2.75) is 57.8 Å². The van der Waals surface area contributed by atoms with Crippen molar-refractivity contribution in [2.24, 2.45) is 5.92 Å². The summed E-state index contributed by atoms with van der Waals surface area (Å²) in [5, 5.41) is 9.71. The quantitative estimate of drug-likeness (QED) is 0.686. The van der Waals surface area contributed by atoms with E-state index < -0.39 is 5.60 Å². The topological polar surface area (TPSA) is 49.8 Å². The Bertz CT molecular complexity index is 282. The summed E-state index contributed by atoms with van der Waals surface area (Å²) in [6, 6.07) is 0.00333. The molecule has 1 saturated carbocycles. The lowest BCUT2D eigenvalue weighted by molar-refractivity contribution is -0.0933. The average Bonchev–Trinajstić information content (AvgIpc) is 2.12. The number of carbonyl (C=O) groups is 1. The van der Waals surface area contributed by atoms with Crippen LogP contribution >= 0.6 is 0 Å². The third-order valence-electron chi connectivity index (χ3n) is 3.38. The standard InChI is InChI=1S/C12H21NO3/c1-12(2,3)16-11(15)13-6-4-5-8-7-9(14)10(8)13/h8-10,14H,4-7H2,1-3H3. The zero-order valence-electron chi connectivity index (χ0n) is 10.3. The normalized spacial score (nSPS) is 34.0. The molecule has 0 bridgehead atoms. The van der Waals surface area contributed by atoms with Gasteiger partial charge in [-0.25, -0.2) is 4.79 Å². The summed E-state index contributed by atoms with van der Waals surface area (Å²) in [7, 11) is 0. The minimum absolute atomic E-state index is 0.00333. The van der Waals surface area contributed by atoms with Gasteiger partial charge in [0.2, 0.25) is 0 Å². The number of rotatable bonds is 0. The number of likely N-dealkylation sites (tertiary alicyclic amines) is 1. The van der Waals surface area contributed by atoms with Gasteiger partial charge >= 0.3 is 6.09 Å². The first-order valence-electron chi connectivity index (χ1n) is 6.06. The molecule has 1 heterocycles. The van der Waals surface area contributed by atoms with Crippen LogP contribution in [0.1, 0.15) is 40.0 Å². The maximum Gasteiger partial charge on any atom is 0.410 e. The van der Waals surface area contributed by atoms with E-state index in [9.17, 15) is 9.90 Å². The lowest BCUT2D eigenvalue weighted by atomic mass is 9.71. The van der Waals surface area contributed by atoms with Crippen LogP contribution in [-0.2, 0) is 4.74 Å². The number of ether oxygens (including phenoxy) is 1. The van der Waals surface area contributed by atoms with Crippen LogP contribution in [0.5, 0.6) is 0 Å². The second-order valence-corrected chi connectivity index (χ2v) is 5.87. The molecular formula is C12H21NO3. The van der Waals surface area contributed by atoms with Crippen LogP contribution < -0.4 is 0 Å². The molecule has 1 N–H and O–H groups in total. The van der Waals surface area contributed by atoms with E-state index in [0.29, 0.717) is 12.5 Å². The van der Waals surface area contributed by atoms with Gasteiger partial charge in [-0.1, -0.05) is 0 Å². The van der Waals surface area contributed by atoms with Crippen LogP contribution in [0.4, 0.5) is 4.79 Å². The van der Waals surface area contributed by atoms with Crippen molar-refractivity contribution < 1.29 is 14.6 Å². The van der Waals surface area contributed by atoms with Crippen LogP contribution in [0.3, 0.4) is 0 Å². The van der Waals surface area contributed by atoms with E-state index in [2.05, 4.69) is 0 Å². The van der Waals surface area contributed by atoms with E-state index in [1.54, 1.807) is 4.90 Å². The minimum atomic E-state index is -0.460. The van der Waals surface area contributed by atoms with Gasteiger partial charge in [-0.2, -0.15) is 0 Å². The first kappa shape index (κ1) is 11.7. The molecule has 4 heteroatoms. The lowest BCUT2D eigenvalue weighted by Crippen LogP contribution is -2.62. The van der Waals surface area contributed by atoms with Crippen molar-refractivity contribution in [2.75, 3.05) is 6.54 Å². The zero-order valence-corrected chi connectivity index (χ0v) is 10.3. The molecule has 1 saturated heterocycles. The molecule has 1 amide bonds. The predicted octanol–water partition coefficient (Wildman–Crippen LogP) is 1.77.